The van der Waals surface area contributed by atoms with Gasteiger partial charge in [0.2, 0.25) is 0 Å². The van der Waals surface area contributed by atoms with Crippen LogP contribution in [0.25, 0.3) is 0 Å². The van der Waals surface area contributed by atoms with Gasteiger partial charge in [-0.3, -0.25) is 4.57 Å². The standard InChI is InChI=1S/C12H13N2O3P/c1-3-16-18(15,17-4-2)12-6-5-10(8-13)11(7-12)9-14/h5-7H,3-4H2,1-2H3. The van der Waals surface area contributed by atoms with Gasteiger partial charge in [0.15, 0.2) is 0 Å². The number of hydrogen-bond acceptors (Lipinski definition) is 5. The van der Waals surface area contributed by atoms with Crippen LogP contribution in [0.2, 0.25) is 0 Å². The highest BCUT2D eigenvalue weighted by atomic mass is 31.2. The molecule has 1 aromatic carbocycles. The van der Waals surface area contributed by atoms with E-state index in [1.807, 2.05) is 12.1 Å². The van der Waals surface area contributed by atoms with Crippen LogP contribution in [0.4, 0.5) is 0 Å². The fourth-order valence-electron chi connectivity index (χ4n) is 1.42. The minimum Gasteiger partial charge on any atom is -0.305 e. The van der Waals surface area contributed by atoms with E-state index in [9.17, 15) is 4.57 Å². The first-order chi connectivity index (χ1) is 8.61. The Morgan fingerprint density at radius 1 is 1.11 bits per heavy atom. The Labute approximate surface area is 106 Å². The molecule has 1 aromatic rings. The van der Waals surface area contributed by atoms with Crippen molar-refractivity contribution in [2.75, 3.05) is 13.2 Å². The zero-order chi connectivity index (χ0) is 13.6. The molecule has 94 valence electrons. The normalized spacial score (nSPS) is 10.7. The van der Waals surface area contributed by atoms with Gasteiger partial charge in [-0.25, -0.2) is 0 Å². The summed E-state index contributed by atoms with van der Waals surface area (Å²) in [6.07, 6.45) is 0. The molecule has 0 atom stereocenters. The van der Waals surface area contributed by atoms with E-state index >= 15 is 0 Å². The van der Waals surface area contributed by atoms with E-state index in [-0.39, 0.29) is 24.3 Å². The van der Waals surface area contributed by atoms with Crippen LogP contribution >= 0.6 is 7.60 Å². The van der Waals surface area contributed by atoms with E-state index in [0.717, 1.165) is 0 Å². The zero-order valence-electron chi connectivity index (χ0n) is 10.2. The quantitative estimate of drug-likeness (QED) is 0.762. The molecule has 0 N–H and O–H groups in total. The Kier molecular flexibility index (Phi) is 5.07. The van der Waals surface area contributed by atoms with Crippen molar-refractivity contribution in [3.05, 3.63) is 29.3 Å². The van der Waals surface area contributed by atoms with Gasteiger partial charge < -0.3 is 9.05 Å². The fourth-order valence-corrected chi connectivity index (χ4v) is 3.02. The maximum absolute atomic E-state index is 12.4. The summed E-state index contributed by atoms with van der Waals surface area (Å²) in [5, 5.41) is 18.0. The van der Waals surface area contributed by atoms with Gasteiger partial charge in [0.1, 0.15) is 12.1 Å². The minimum absolute atomic E-state index is 0.162. The first kappa shape index (κ1) is 14.4. The topological polar surface area (TPSA) is 83.1 Å². The van der Waals surface area contributed by atoms with Crippen molar-refractivity contribution in [3.8, 4) is 12.1 Å². The summed E-state index contributed by atoms with van der Waals surface area (Å²) < 4.78 is 22.8. The Morgan fingerprint density at radius 3 is 2.11 bits per heavy atom. The maximum atomic E-state index is 12.4. The largest absolute Gasteiger partial charge is 0.361 e. The first-order valence-corrected chi connectivity index (χ1v) is 6.99. The molecule has 0 heterocycles. The van der Waals surface area contributed by atoms with Crippen molar-refractivity contribution in [1.82, 2.24) is 0 Å². The van der Waals surface area contributed by atoms with Crippen LogP contribution in [0.3, 0.4) is 0 Å². The molecular weight excluding hydrogens is 251 g/mol. The van der Waals surface area contributed by atoms with E-state index in [2.05, 4.69) is 0 Å². The molecular formula is C12H13N2O3P. The second kappa shape index (κ2) is 6.33. The van der Waals surface area contributed by atoms with Gasteiger partial charge in [0, 0.05) is 0 Å². The summed E-state index contributed by atoms with van der Waals surface area (Å²) in [5.41, 5.74) is 0.399. The van der Waals surface area contributed by atoms with E-state index < -0.39 is 7.60 Å². The number of rotatable bonds is 5. The van der Waals surface area contributed by atoms with Crippen LogP contribution in [0, 0.1) is 22.7 Å². The number of benzene rings is 1. The Balaban J connectivity index is 3.28. The molecule has 0 radical (unpaired) electrons. The molecule has 5 nitrogen and oxygen atoms in total. The summed E-state index contributed by atoms with van der Waals surface area (Å²) >= 11 is 0. The van der Waals surface area contributed by atoms with Crippen LogP contribution < -0.4 is 5.30 Å². The minimum atomic E-state index is -3.40. The summed E-state index contributed by atoms with van der Waals surface area (Å²) in [7, 11) is -3.40. The van der Waals surface area contributed by atoms with E-state index in [1.165, 1.54) is 18.2 Å². The average molecular weight is 264 g/mol. The lowest BCUT2D eigenvalue weighted by Gasteiger charge is -2.17. The van der Waals surface area contributed by atoms with Crippen molar-refractivity contribution in [1.29, 1.82) is 10.5 Å². The first-order valence-electron chi connectivity index (χ1n) is 5.45. The summed E-state index contributed by atoms with van der Waals surface area (Å²) in [4.78, 5) is 0. The van der Waals surface area contributed by atoms with Crippen LogP contribution in [0.1, 0.15) is 25.0 Å². The predicted octanol–water partition coefficient (Wildman–Crippen LogP) is 2.32. The average Bonchev–Trinajstić information content (AvgIpc) is 2.38. The Bertz CT molecular complexity index is 547. The highest BCUT2D eigenvalue weighted by Crippen LogP contribution is 2.46. The Morgan fingerprint density at radius 2 is 1.67 bits per heavy atom. The highest BCUT2D eigenvalue weighted by molar-refractivity contribution is 7.62. The van der Waals surface area contributed by atoms with Crippen LogP contribution in [-0.2, 0) is 13.6 Å². The second-order valence-corrected chi connectivity index (χ2v) is 5.31. The smallest absolute Gasteiger partial charge is 0.305 e. The summed E-state index contributed by atoms with van der Waals surface area (Å²) in [5.74, 6) is 0. The molecule has 0 spiro atoms. The molecule has 6 heteroatoms. The maximum Gasteiger partial charge on any atom is 0.361 e. The Hall–Kier alpha value is -1.65. The molecule has 0 unspecified atom stereocenters. The van der Waals surface area contributed by atoms with Gasteiger partial charge in [-0.05, 0) is 32.0 Å². The number of nitrogens with zero attached hydrogens (tertiary/aromatic N) is 2. The van der Waals surface area contributed by atoms with Crippen LogP contribution in [0.5, 0.6) is 0 Å². The van der Waals surface area contributed by atoms with Crippen LogP contribution in [0.15, 0.2) is 18.2 Å². The third-order valence-electron chi connectivity index (χ3n) is 2.16. The van der Waals surface area contributed by atoms with E-state index in [0.29, 0.717) is 5.30 Å². The molecule has 18 heavy (non-hydrogen) atoms. The lowest BCUT2D eigenvalue weighted by atomic mass is 10.1. The SMILES string of the molecule is CCOP(=O)(OCC)c1ccc(C#N)c(C#N)c1. The third-order valence-corrected chi connectivity index (χ3v) is 4.27. The van der Waals surface area contributed by atoms with Gasteiger partial charge in [-0.2, -0.15) is 10.5 Å². The molecule has 0 aliphatic rings. The molecule has 0 aliphatic heterocycles. The summed E-state index contributed by atoms with van der Waals surface area (Å²) in [6.45, 7) is 3.89. The zero-order valence-corrected chi connectivity index (χ0v) is 11.1. The van der Waals surface area contributed by atoms with E-state index in [4.69, 9.17) is 19.6 Å². The van der Waals surface area contributed by atoms with Gasteiger partial charge in [0.05, 0.1) is 29.6 Å². The molecule has 0 saturated carbocycles. The third kappa shape index (κ3) is 2.97. The van der Waals surface area contributed by atoms with E-state index in [1.54, 1.807) is 13.8 Å². The van der Waals surface area contributed by atoms with Crippen molar-refractivity contribution in [3.63, 3.8) is 0 Å². The van der Waals surface area contributed by atoms with Gasteiger partial charge >= 0.3 is 7.60 Å². The van der Waals surface area contributed by atoms with Crippen molar-refractivity contribution >= 4 is 12.9 Å². The number of nitriles is 2. The van der Waals surface area contributed by atoms with Gasteiger partial charge in [0.25, 0.3) is 0 Å². The van der Waals surface area contributed by atoms with Crippen LogP contribution in [-0.4, -0.2) is 13.2 Å². The monoisotopic (exact) mass is 264 g/mol. The lowest BCUT2D eigenvalue weighted by molar-refractivity contribution is 0.230. The van der Waals surface area contributed by atoms with Crippen molar-refractivity contribution in [2.24, 2.45) is 0 Å². The fraction of sp³-hybridized carbons (Fsp3) is 0.333. The molecule has 0 aliphatic carbocycles. The highest BCUT2D eigenvalue weighted by Gasteiger charge is 2.27. The van der Waals surface area contributed by atoms with Crippen molar-refractivity contribution in [2.45, 2.75) is 13.8 Å². The lowest BCUT2D eigenvalue weighted by Crippen LogP contribution is -2.11. The second-order valence-electron chi connectivity index (χ2n) is 3.29. The molecule has 0 bridgehead atoms. The predicted molar refractivity (Wildman–Crippen MR) is 66.4 cm³/mol. The van der Waals surface area contributed by atoms with Gasteiger partial charge in [-0.15, -0.1) is 0 Å². The molecule has 0 aromatic heterocycles. The summed E-state index contributed by atoms with van der Waals surface area (Å²) in [6, 6.07) is 8.10. The molecule has 1 rings (SSSR count). The number of hydrogen-bond donors (Lipinski definition) is 0. The molecule has 0 fully saturated rings. The molecule has 0 amide bonds. The molecule has 0 saturated heterocycles. The van der Waals surface area contributed by atoms with Gasteiger partial charge in [-0.1, -0.05) is 0 Å². The van der Waals surface area contributed by atoms with Crippen molar-refractivity contribution < 1.29 is 13.6 Å².